The van der Waals surface area contributed by atoms with Crippen LogP contribution in [0.4, 0.5) is 17.6 Å². The second kappa shape index (κ2) is 7.26. The molecule has 0 spiro atoms. The average molecular weight is 377 g/mol. The van der Waals surface area contributed by atoms with Crippen molar-refractivity contribution in [2.24, 2.45) is 0 Å². The van der Waals surface area contributed by atoms with Gasteiger partial charge in [0.15, 0.2) is 0 Å². The summed E-state index contributed by atoms with van der Waals surface area (Å²) in [4.78, 5) is 12.1. The molecule has 3 nitrogen and oxygen atoms in total. The standard InChI is InChI=1S/C20H15F4NO2/c1-27-17-7-3-13(4-8-17)14-5-9-19(26)25(11-14)12-15-2-6-16(10-18(15)21)20(22,23)24/h2-11H,12H2,1H3. The number of alkyl halides is 3. The molecule has 0 radical (unpaired) electrons. The highest BCUT2D eigenvalue weighted by Crippen LogP contribution is 2.30. The van der Waals surface area contributed by atoms with E-state index in [1.807, 2.05) is 12.1 Å². The van der Waals surface area contributed by atoms with Crippen LogP contribution >= 0.6 is 0 Å². The van der Waals surface area contributed by atoms with Crippen molar-refractivity contribution in [1.82, 2.24) is 4.57 Å². The Morgan fingerprint density at radius 3 is 2.22 bits per heavy atom. The van der Waals surface area contributed by atoms with Gasteiger partial charge < -0.3 is 9.30 Å². The summed E-state index contributed by atoms with van der Waals surface area (Å²) >= 11 is 0. The van der Waals surface area contributed by atoms with E-state index < -0.39 is 17.6 Å². The smallest absolute Gasteiger partial charge is 0.416 e. The average Bonchev–Trinajstić information content (AvgIpc) is 2.64. The number of rotatable bonds is 4. The van der Waals surface area contributed by atoms with Crippen molar-refractivity contribution in [1.29, 1.82) is 0 Å². The Kier molecular flexibility index (Phi) is 5.03. The molecule has 1 heterocycles. The maximum Gasteiger partial charge on any atom is 0.416 e. The van der Waals surface area contributed by atoms with Gasteiger partial charge in [-0.1, -0.05) is 18.2 Å². The maximum atomic E-state index is 14.1. The van der Waals surface area contributed by atoms with E-state index in [1.165, 1.54) is 10.6 Å². The van der Waals surface area contributed by atoms with E-state index in [2.05, 4.69) is 0 Å². The molecule has 0 N–H and O–H groups in total. The third-order valence-electron chi connectivity index (χ3n) is 4.13. The minimum absolute atomic E-state index is 0.00280. The second-order valence-corrected chi connectivity index (χ2v) is 5.92. The molecule has 0 saturated carbocycles. The summed E-state index contributed by atoms with van der Waals surface area (Å²) in [5.41, 5.74) is 0.0774. The van der Waals surface area contributed by atoms with E-state index in [-0.39, 0.29) is 17.7 Å². The Hall–Kier alpha value is -3.09. The lowest BCUT2D eigenvalue weighted by Crippen LogP contribution is -2.20. The zero-order chi connectivity index (χ0) is 19.6. The van der Waals surface area contributed by atoms with Gasteiger partial charge in [0, 0.05) is 17.8 Å². The summed E-state index contributed by atoms with van der Waals surface area (Å²) in [5, 5.41) is 0. The lowest BCUT2D eigenvalue weighted by molar-refractivity contribution is -0.137. The van der Waals surface area contributed by atoms with Gasteiger partial charge in [0.05, 0.1) is 19.2 Å². The van der Waals surface area contributed by atoms with Crippen molar-refractivity contribution >= 4 is 0 Å². The quantitative estimate of drug-likeness (QED) is 0.616. The number of nitrogens with zero attached hydrogens (tertiary/aromatic N) is 1. The Bertz CT molecular complexity index is 1010. The van der Waals surface area contributed by atoms with Crippen molar-refractivity contribution in [2.45, 2.75) is 12.7 Å². The minimum atomic E-state index is -4.62. The molecule has 3 aromatic rings. The fourth-order valence-electron chi connectivity index (χ4n) is 2.64. The summed E-state index contributed by atoms with van der Waals surface area (Å²) in [6, 6.07) is 12.4. The van der Waals surface area contributed by atoms with Gasteiger partial charge in [0.1, 0.15) is 11.6 Å². The van der Waals surface area contributed by atoms with Crippen LogP contribution < -0.4 is 10.3 Å². The molecule has 7 heteroatoms. The highest BCUT2D eigenvalue weighted by Gasteiger charge is 2.31. The molecule has 0 atom stereocenters. The molecule has 140 valence electrons. The highest BCUT2D eigenvalue weighted by atomic mass is 19.4. The number of ether oxygens (including phenoxy) is 1. The van der Waals surface area contributed by atoms with Crippen molar-refractivity contribution in [3.8, 4) is 16.9 Å². The van der Waals surface area contributed by atoms with E-state index in [1.54, 1.807) is 31.5 Å². The van der Waals surface area contributed by atoms with Gasteiger partial charge in [0.25, 0.3) is 5.56 Å². The second-order valence-electron chi connectivity index (χ2n) is 5.92. The molecule has 1 aromatic heterocycles. The van der Waals surface area contributed by atoms with E-state index in [0.717, 1.165) is 17.7 Å². The SMILES string of the molecule is COc1ccc(-c2ccc(=O)n(Cc3ccc(C(F)(F)F)cc3F)c2)cc1. The van der Waals surface area contributed by atoms with Crippen molar-refractivity contribution in [2.75, 3.05) is 7.11 Å². The van der Waals surface area contributed by atoms with Crippen LogP contribution in [0.1, 0.15) is 11.1 Å². The highest BCUT2D eigenvalue weighted by molar-refractivity contribution is 5.63. The van der Waals surface area contributed by atoms with E-state index >= 15 is 0 Å². The first-order chi connectivity index (χ1) is 12.8. The van der Waals surface area contributed by atoms with Gasteiger partial charge >= 0.3 is 6.18 Å². The largest absolute Gasteiger partial charge is 0.497 e. The zero-order valence-electron chi connectivity index (χ0n) is 14.3. The van der Waals surface area contributed by atoms with Crippen LogP contribution in [0.2, 0.25) is 0 Å². The van der Waals surface area contributed by atoms with Crippen molar-refractivity contribution in [3.63, 3.8) is 0 Å². The Morgan fingerprint density at radius 2 is 1.63 bits per heavy atom. The molecule has 0 saturated heterocycles. The molecule has 0 amide bonds. The molecule has 0 unspecified atom stereocenters. The number of hydrogen-bond acceptors (Lipinski definition) is 2. The summed E-state index contributed by atoms with van der Waals surface area (Å²) in [7, 11) is 1.55. The van der Waals surface area contributed by atoms with Gasteiger partial charge in [-0.3, -0.25) is 4.79 Å². The number of aromatic nitrogens is 1. The predicted octanol–water partition coefficient (Wildman–Crippen LogP) is 4.73. The van der Waals surface area contributed by atoms with Crippen LogP contribution in [0.25, 0.3) is 11.1 Å². The van der Waals surface area contributed by atoms with Crippen LogP contribution in [-0.4, -0.2) is 11.7 Å². The molecular formula is C20H15F4NO2. The molecule has 2 aromatic carbocycles. The number of pyridine rings is 1. The zero-order valence-corrected chi connectivity index (χ0v) is 14.3. The lowest BCUT2D eigenvalue weighted by atomic mass is 10.1. The molecule has 0 bridgehead atoms. The van der Waals surface area contributed by atoms with Gasteiger partial charge in [-0.05, 0) is 41.5 Å². The van der Waals surface area contributed by atoms with E-state index in [4.69, 9.17) is 4.74 Å². The molecule has 0 aliphatic heterocycles. The fraction of sp³-hybridized carbons (Fsp3) is 0.150. The predicted molar refractivity (Wildman–Crippen MR) is 93.2 cm³/mol. The third kappa shape index (κ3) is 4.19. The third-order valence-corrected chi connectivity index (χ3v) is 4.13. The molecule has 0 fully saturated rings. The first kappa shape index (κ1) is 18.7. The summed E-state index contributed by atoms with van der Waals surface area (Å²) in [5.74, 6) is -0.328. The minimum Gasteiger partial charge on any atom is -0.497 e. The first-order valence-electron chi connectivity index (χ1n) is 7.98. The first-order valence-corrected chi connectivity index (χ1v) is 7.98. The normalized spacial score (nSPS) is 11.4. The van der Waals surface area contributed by atoms with Crippen LogP contribution in [0.5, 0.6) is 5.75 Å². The van der Waals surface area contributed by atoms with Crippen molar-refractivity contribution in [3.05, 3.63) is 88.1 Å². The van der Waals surface area contributed by atoms with Crippen LogP contribution in [-0.2, 0) is 12.7 Å². The summed E-state index contributed by atoms with van der Waals surface area (Å²) in [6.07, 6.45) is -3.08. The summed E-state index contributed by atoms with van der Waals surface area (Å²) < 4.78 is 58.4. The maximum absolute atomic E-state index is 14.1. The molecule has 3 rings (SSSR count). The topological polar surface area (TPSA) is 31.2 Å². The molecule has 0 aliphatic rings. The lowest BCUT2D eigenvalue weighted by Gasteiger charge is -2.12. The Morgan fingerprint density at radius 1 is 0.963 bits per heavy atom. The Labute approximate surface area is 152 Å². The van der Waals surface area contributed by atoms with Crippen LogP contribution in [0.15, 0.2) is 65.6 Å². The van der Waals surface area contributed by atoms with Gasteiger partial charge in [0.2, 0.25) is 0 Å². The van der Waals surface area contributed by atoms with Gasteiger partial charge in [-0.15, -0.1) is 0 Å². The van der Waals surface area contributed by atoms with Crippen LogP contribution in [0.3, 0.4) is 0 Å². The monoisotopic (exact) mass is 377 g/mol. The fourth-order valence-corrected chi connectivity index (χ4v) is 2.64. The molecule has 27 heavy (non-hydrogen) atoms. The number of methoxy groups -OCH3 is 1. The van der Waals surface area contributed by atoms with Gasteiger partial charge in [-0.2, -0.15) is 13.2 Å². The van der Waals surface area contributed by atoms with Gasteiger partial charge in [-0.25, -0.2) is 4.39 Å². The van der Waals surface area contributed by atoms with Crippen LogP contribution in [0, 0.1) is 5.82 Å². The van der Waals surface area contributed by atoms with Crippen molar-refractivity contribution < 1.29 is 22.3 Å². The summed E-state index contributed by atoms with van der Waals surface area (Å²) in [6.45, 7) is -0.174. The number of benzene rings is 2. The Balaban J connectivity index is 1.92. The molecular weight excluding hydrogens is 362 g/mol. The van der Waals surface area contributed by atoms with E-state index in [9.17, 15) is 22.4 Å². The van der Waals surface area contributed by atoms with E-state index in [0.29, 0.717) is 17.4 Å². The molecule has 0 aliphatic carbocycles. The number of halogens is 4. The number of hydrogen-bond donors (Lipinski definition) is 0.